The van der Waals surface area contributed by atoms with E-state index in [1.807, 2.05) is 26.0 Å². The fraction of sp³-hybridized carbons (Fsp3) is 0.739. The molecule has 29 heavy (non-hydrogen) atoms. The standard InChI is InChI=1S/C23H36O6/c1-4-14(2)23(28)29-21-13-19(27)11-16-6-5-15(3)20(22(16)21)8-7-17(25)12-18(26)9-10-24/h5-6,10-11,14-15,17-22,25-27H,4,7-9,12-13H2,1-3H3/t14-,15-,17+,18-,19+,20-,21-,22?/m0/s1. The topological polar surface area (TPSA) is 104 Å². The molecular weight excluding hydrogens is 372 g/mol. The lowest BCUT2D eigenvalue weighted by Gasteiger charge is -2.43. The third-order valence-electron chi connectivity index (χ3n) is 6.40. The first kappa shape index (κ1) is 23.8. The Kier molecular flexibility index (Phi) is 9.05. The molecule has 3 N–H and O–H groups in total. The van der Waals surface area contributed by atoms with E-state index in [1.54, 1.807) is 0 Å². The number of allylic oxidation sites excluding steroid dienone is 2. The second-order valence-corrected chi connectivity index (χ2v) is 8.69. The second kappa shape index (κ2) is 11.0. The number of hydrogen-bond donors (Lipinski definition) is 3. The van der Waals surface area contributed by atoms with Crippen LogP contribution >= 0.6 is 0 Å². The lowest BCUT2D eigenvalue weighted by Crippen LogP contribution is -2.43. The summed E-state index contributed by atoms with van der Waals surface area (Å²) in [5.74, 6) is -0.0318. The number of aliphatic hydroxyl groups is 3. The molecule has 1 unspecified atom stereocenters. The molecule has 0 fully saturated rings. The van der Waals surface area contributed by atoms with E-state index in [0.717, 1.165) is 5.57 Å². The van der Waals surface area contributed by atoms with E-state index in [4.69, 9.17) is 4.74 Å². The molecule has 2 aliphatic carbocycles. The van der Waals surface area contributed by atoms with Gasteiger partial charge in [-0.25, -0.2) is 0 Å². The number of carbonyl (C=O) groups is 2. The summed E-state index contributed by atoms with van der Waals surface area (Å²) in [6.45, 7) is 5.91. The van der Waals surface area contributed by atoms with Crippen molar-refractivity contribution in [3.05, 3.63) is 23.8 Å². The zero-order valence-electron chi connectivity index (χ0n) is 17.7. The third-order valence-corrected chi connectivity index (χ3v) is 6.40. The van der Waals surface area contributed by atoms with Crippen LogP contribution in [-0.2, 0) is 14.3 Å². The van der Waals surface area contributed by atoms with Crippen molar-refractivity contribution in [1.82, 2.24) is 0 Å². The quantitative estimate of drug-likeness (QED) is 0.379. The van der Waals surface area contributed by atoms with Gasteiger partial charge in [0.2, 0.25) is 0 Å². The van der Waals surface area contributed by atoms with Crippen LogP contribution in [0.1, 0.15) is 59.3 Å². The van der Waals surface area contributed by atoms with Crippen molar-refractivity contribution in [3.63, 3.8) is 0 Å². The lowest BCUT2D eigenvalue weighted by molar-refractivity contribution is -0.159. The van der Waals surface area contributed by atoms with Crippen LogP contribution in [0.15, 0.2) is 23.8 Å². The number of carbonyl (C=O) groups excluding carboxylic acids is 2. The Hall–Kier alpha value is -1.50. The Balaban J connectivity index is 2.11. The highest BCUT2D eigenvalue weighted by Gasteiger charge is 2.42. The number of ether oxygens (including phenoxy) is 1. The van der Waals surface area contributed by atoms with Gasteiger partial charge in [-0.05, 0) is 43.1 Å². The molecule has 0 aromatic carbocycles. The summed E-state index contributed by atoms with van der Waals surface area (Å²) in [7, 11) is 0. The fourth-order valence-corrected chi connectivity index (χ4v) is 4.44. The molecule has 0 radical (unpaired) electrons. The van der Waals surface area contributed by atoms with Gasteiger partial charge in [-0.1, -0.05) is 39.0 Å². The van der Waals surface area contributed by atoms with Crippen molar-refractivity contribution in [2.45, 2.75) is 83.7 Å². The molecule has 2 rings (SSSR count). The number of esters is 1. The zero-order chi connectivity index (χ0) is 21.6. The smallest absolute Gasteiger partial charge is 0.308 e. The average molecular weight is 409 g/mol. The molecule has 0 saturated heterocycles. The summed E-state index contributed by atoms with van der Waals surface area (Å²) in [6.07, 6.45) is 6.58. The molecule has 0 bridgehead atoms. The third kappa shape index (κ3) is 6.49. The number of rotatable bonds is 10. The maximum atomic E-state index is 12.4. The molecule has 0 heterocycles. The maximum absolute atomic E-state index is 12.4. The van der Waals surface area contributed by atoms with Crippen LogP contribution in [0.25, 0.3) is 0 Å². The van der Waals surface area contributed by atoms with Crippen LogP contribution in [0.3, 0.4) is 0 Å². The van der Waals surface area contributed by atoms with Gasteiger partial charge in [-0.15, -0.1) is 0 Å². The van der Waals surface area contributed by atoms with Crippen LogP contribution in [0, 0.1) is 23.7 Å². The number of aliphatic hydroxyl groups excluding tert-OH is 3. The molecule has 0 amide bonds. The van der Waals surface area contributed by atoms with Crippen LogP contribution in [0.4, 0.5) is 0 Å². The molecule has 6 heteroatoms. The lowest BCUT2D eigenvalue weighted by atomic mass is 9.66. The number of fused-ring (bicyclic) bond motifs is 1. The van der Waals surface area contributed by atoms with Gasteiger partial charge >= 0.3 is 5.97 Å². The second-order valence-electron chi connectivity index (χ2n) is 8.69. The van der Waals surface area contributed by atoms with Gasteiger partial charge in [0.15, 0.2) is 0 Å². The zero-order valence-corrected chi connectivity index (χ0v) is 17.7. The van der Waals surface area contributed by atoms with E-state index >= 15 is 0 Å². The van der Waals surface area contributed by atoms with E-state index in [9.17, 15) is 24.9 Å². The highest BCUT2D eigenvalue weighted by atomic mass is 16.5. The Bertz CT molecular complexity index is 612. The van der Waals surface area contributed by atoms with Crippen LogP contribution in [-0.4, -0.2) is 52.0 Å². The van der Waals surface area contributed by atoms with Crippen LogP contribution < -0.4 is 0 Å². The Morgan fingerprint density at radius 1 is 1.34 bits per heavy atom. The van der Waals surface area contributed by atoms with Crippen LogP contribution in [0.5, 0.6) is 0 Å². The molecule has 2 aliphatic rings. The van der Waals surface area contributed by atoms with E-state index in [0.29, 0.717) is 32.0 Å². The highest BCUT2D eigenvalue weighted by Crippen LogP contribution is 2.44. The summed E-state index contributed by atoms with van der Waals surface area (Å²) in [5, 5.41) is 30.3. The number of aldehydes is 1. The SMILES string of the molecule is CC[C@H](C)C(=O)O[C@H]1C[C@H](O)C=C2C=C[C@H](C)[C@H](CC[C@@H](O)C[C@@H](O)CC=O)C21. The van der Waals surface area contributed by atoms with Gasteiger partial charge < -0.3 is 24.9 Å². The molecule has 164 valence electrons. The van der Waals surface area contributed by atoms with E-state index in [1.165, 1.54) is 0 Å². The predicted molar refractivity (Wildman–Crippen MR) is 110 cm³/mol. The van der Waals surface area contributed by atoms with Crippen molar-refractivity contribution in [2.24, 2.45) is 23.7 Å². The molecule has 0 aliphatic heterocycles. The monoisotopic (exact) mass is 408 g/mol. The van der Waals surface area contributed by atoms with Gasteiger partial charge in [0.1, 0.15) is 12.4 Å². The molecule has 0 spiro atoms. The van der Waals surface area contributed by atoms with E-state index in [2.05, 4.69) is 13.0 Å². The van der Waals surface area contributed by atoms with Crippen molar-refractivity contribution in [1.29, 1.82) is 0 Å². The minimum absolute atomic E-state index is 0.0153. The first-order chi connectivity index (χ1) is 13.8. The minimum Gasteiger partial charge on any atom is -0.461 e. The summed E-state index contributed by atoms with van der Waals surface area (Å²) in [6, 6.07) is 0. The average Bonchev–Trinajstić information content (AvgIpc) is 2.66. The van der Waals surface area contributed by atoms with Gasteiger partial charge in [-0.2, -0.15) is 0 Å². The molecule has 6 nitrogen and oxygen atoms in total. The molecule has 0 saturated carbocycles. The van der Waals surface area contributed by atoms with E-state index < -0.39 is 18.3 Å². The highest BCUT2D eigenvalue weighted by molar-refractivity contribution is 5.72. The predicted octanol–water partition coefficient (Wildman–Crippen LogP) is 2.55. The van der Waals surface area contributed by atoms with Crippen molar-refractivity contribution in [2.75, 3.05) is 0 Å². The maximum Gasteiger partial charge on any atom is 0.308 e. The summed E-state index contributed by atoms with van der Waals surface area (Å²) < 4.78 is 5.85. The van der Waals surface area contributed by atoms with Crippen molar-refractivity contribution in [3.8, 4) is 0 Å². The largest absolute Gasteiger partial charge is 0.461 e. The van der Waals surface area contributed by atoms with Crippen LogP contribution in [0.2, 0.25) is 0 Å². The molecule has 0 aromatic heterocycles. The summed E-state index contributed by atoms with van der Waals surface area (Å²) in [4.78, 5) is 22.9. The normalized spacial score (nSPS) is 31.9. The van der Waals surface area contributed by atoms with Gasteiger partial charge in [0, 0.05) is 18.8 Å². The molecule has 8 atom stereocenters. The summed E-state index contributed by atoms with van der Waals surface area (Å²) in [5.41, 5.74) is 0.990. The van der Waals surface area contributed by atoms with Gasteiger partial charge in [0.25, 0.3) is 0 Å². The first-order valence-electron chi connectivity index (χ1n) is 10.8. The Morgan fingerprint density at radius 3 is 2.72 bits per heavy atom. The fourth-order valence-electron chi connectivity index (χ4n) is 4.44. The molecular formula is C23H36O6. The number of hydrogen-bond acceptors (Lipinski definition) is 6. The van der Waals surface area contributed by atoms with Gasteiger partial charge in [0.05, 0.1) is 24.2 Å². The van der Waals surface area contributed by atoms with Gasteiger partial charge in [-0.3, -0.25) is 4.79 Å². The molecule has 0 aromatic rings. The first-order valence-corrected chi connectivity index (χ1v) is 10.8. The summed E-state index contributed by atoms with van der Waals surface area (Å²) >= 11 is 0. The van der Waals surface area contributed by atoms with Crippen molar-refractivity contribution >= 4 is 12.3 Å². The van der Waals surface area contributed by atoms with Crippen molar-refractivity contribution < 1.29 is 29.6 Å². The Morgan fingerprint density at radius 2 is 2.07 bits per heavy atom. The Labute approximate surface area is 173 Å². The minimum atomic E-state index is -0.823. The van der Waals surface area contributed by atoms with E-state index in [-0.39, 0.29) is 48.6 Å².